The third-order valence-electron chi connectivity index (χ3n) is 3.20. The summed E-state index contributed by atoms with van der Waals surface area (Å²) < 4.78 is 28.9. The Morgan fingerprint density at radius 2 is 1.89 bits per heavy atom. The largest absolute Gasteiger partial charge is 0.378 e. The molecule has 2 heterocycles. The number of carbonyl (C=O) groups is 1. The van der Waals surface area contributed by atoms with Crippen molar-refractivity contribution in [2.45, 2.75) is 9.79 Å². The van der Waals surface area contributed by atoms with Gasteiger partial charge in [0.2, 0.25) is 15.7 Å². The van der Waals surface area contributed by atoms with Crippen molar-refractivity contribution in [3.8, 4) is 0 Å². The van der Waals surface area contributed by atoms with Gasteiger partial charge in [0.25, 0.3) is 0 Å². The molecule has 0 unspecified atom stereocenters. The van der Waals surface area contributed by atoms with Crippen molar-refractivity contribution in [1.29, 1.82) is 0 Å². The first-order valence-electron chi connectivity index (χ1n) is 5.58. The summed E-state index contributed by atoms with van der Waals surface area (Å²) in [4.78, 5) is 13.5. The van der Waals surface area contributed by atoms with E-state index < -0.39 is 15.7 Å². The maximum atomic E-state index is 11.9. The van der Waals surface area contributed by atoms with E-state index in [4.69, 9.17) is 10.5 Å². The lowest BCUT2D eigenvalue weighted by Gasteiger charge is -2.28. The number of fused-ring (bicyclic) bond motifs is 1. The van der Waals surface area contributed by atoms with Crippen molar-refractivity contribution < 1.29 is 17.9 Å². The highest BCUT2D eigenvalue weighted by Crippen LogP contribution is 2.49. The van der Waals surface area contributed by atoms with Gasteiger partial charge in [-0.1, -0.05) is 0 Å². The molecule has 0 radical (unpaired) electrons. The highest BCUT2D eigenvalue weighted by molar-refractivity contribution is 7.97. The predicted molar refractivity (Wildman–Crippen MR) is 63.4 cm³/mol. The van der Waals surface area contributed by atoms with Crippen LogP contribution in [0.1, 0.15) is 10.4 Å². The maximum absolute atomic E-state index is 11.9. The van der Waals surface area contributed by atoms with Gasteiger partial charge >= 0.3 is 0 Å². The Bertz CT molecular complexity index is 633. The Morgan fingerprint density at radius 3 is 2.50 bits per heavy atom. The number of nitrogens with two attached hydrogens (primary N) is 1. The molecular weight excluding hydrogens is 256 g/mol. The van der Waals surface area contributed by atoms with E-state index in [1.165, 1.54) is 6.07 Å². The van der Waals surface area contributed by atoms with Crippen LogP contribution in [0.5, 0.6) is 0 Å². The molecule has 2 aliphatic heterocycles. The second-order valence-corrected chi connectivity index (χ2v) is 6.08. The van der Waals surface area contributed by atoms with E-state index in [0.717, 1.165) is 0 Å². The Balaban J connectivity index is 2.08. The van der Waals surface area contributed by atoms with Crippen LogP contribution in [-0.2, 0) is 14.6 Å². The zero-order valence-corrected chi connectivity index (χ0v) is 10.4. The summed E-state index contributed by atoms with van der Waals surface area (Å²) in [5.74, 6) is -0.708. The van der Waals surface area contributed by atoms with Gasteiger partial charge < -0.3 is 15.4 Å². The molecule has 1 amide bonds. The average Bonchev–Trinajstić information content (AvgIpc) is 2.93. The van der Waals surface area contributed by atoms with Gasteiger partial charge in [-0.05, 0) is 12.1 Å². The summed E-state index contributed by atoms with van der Waals surface area (Å²) in [7, 11) is -3.42. The Kier molecular flexibility index (Phi) is 2.36. The molecule has 0 saturated carbocycles. The van der Waals surface area contributed by atoms with Crippen LogP contribution in [-0.4, -0.2) is 40.6 Å². The van der Waals surface area contributed by atoms with Crippen LogP contribution in [0.25, 0.3) is 0 Å². The number of morpholine rings is 1. The Hall–Kier alpha value is -1.60. The van der Waals surface area contributed by atoms with Crippen LogP contribution in [0.15, 0.2) is 21.9 Å². The summed E-state index contributed by atoms with van der Waals surface area (Å²) in [5, 5.41) is 0. The van der Waals surface area contributed by atoms with Gasteiger partial charge in [-0.3, -0.25) is 4.79 Å². The first kappa shape index (κ1) is 11.5. The third-order valence-corrected chi connectivity index (χ3v) is 4.91. The van der Waals surface area contributed by atoms with Crippen LogP contribution in [0, 0.1) is 0 Å². The molecule has 3 rings (SSSR count). The summed E-state index contributed by atoms with van der Waals surface area (Å²) in [6.45, 7) is 2.45. The lowest BCUT2D eigenvalue weighted by atomic mass is 10.2. The van der Waals surface area contributed by atoms with Crippen molar-refractivity contribution in [1.82, 2.24) is 0 Å². The monoisotopic (exact) mass is 268 g/mol. The van der Waals surface area contributed by atoms with Crippen molar-refractivity contribution in [3.63, 3.8) is 0 Å². The lowest BCUT2D eigenvalue weighted by Crippen LogP contribution is -2.36. The summed E-state index contributed by atoms with van der Waals surface area (Å²) in [6.07, 6.45) is 0. The van der Waals surface area contributed by atoms with Crippen molar-refractivity contribution >= 4 is 21.4 Å². The number of anilines is 1. The van der Waals surface area contributed by atoms with Crippen LogP contribution in [0.3, 0.4) is 0 Å². The number of benzene rings is 1. The van der Waals surface area contributed by atoms with Crippen LogP contribution < -0.4 is 10.6 Å². The second kappa shape index (κ2) is 3.69. The van der Waals surface area contributed by atoms with E-state index in [0.29, 0.717) is 32.0 Å². The molecule has 1 saturated heterocycles. The highest BCUT2D eigenvalue weighted by Gasteiger charge is 2.47. The maximum Gasteiger partial charge on any atom is 0.250 e. The quantitative estimate of drug-likeness (QED) is 0.760. The molecule has 2 aliphatic rings. The van der Waals surface area contributed by atoms with Crippen LogP contribution in [0.4, 0.5) is 5.69 Å². The molecule has 1 aromatic rings. The molecule has 0 bridgehead atoms. The molecule has 96 valence electrons. The first-order valence-corrected chi connectivity index (χ1v) is 7.06. The van der Waals surface area contributed by atoms with Gasteiger partial charge in [-0.25, -0.2) is 8.42 Å². The van der Waals surface area contributed by atoms with E-state index >= 15 is 0 Å². The summed E-state index contributed by atoms with van der Waals surface area (Å²) in [6, 6.07) is 3.13. The fourth-order valence-corrected chi connectivity index (χ4v) is 4.01. The molecule has 7 heteroatoms. The zero-order valence-electron chi connectivity index (χ0n) is 9.55. The molecule has 18 heavy (non-hydrogen) atoms. The normalized spacial score (nSPS) is 20.3. The zero-order chi connectivity index (χ0) is 12.9. The van der Waals surface area contributed by atoms with E-state index in [1.807, 2.05) is 4.90 Å². The minimum Gasteiger partial charge on any atom is -0.378 e. The first-order chi connectivity index (χ1) is 8.53. The van der Waals surface area contributed by atoms with Gasteiger partial charge in [0, 0.05) is 13.1 Å². The number of hydrogen-bond acceptors (Lipinski definition) is 5. The fourth-order valence-electron chi connectivity index (χ4n) is 2.28. The number of sulfone groups is 1. The smallest absolute Gasteiger partial charge is 0.250 e. The SMILES string of the molecule is NC(=O)c1ccc(N2CCOCC2)c2c1S2(=O)=O. The fraction of sp³-hybridized carbons (Fsp3) is 0.364. The van der Waals surface area contributed by atoms with Gasteiger partial charge in [0.1, 0.15) is 9.79 Å². The number of ether oxygens (including phenoxy) is 1. The number of rotatable bonds is 2. The third kappa shape index (κ3) is 1.51. The van der Waals surface area contributed by atoms with E-state index in [9.17, 15) is 13.2 Å². The summed E-state index contributed by atoms with van der Waals surface area (Å²) >= 11 is 0. The molecule has 2 N–H and O–H groups in total. The summed E-state index contributed by atoms with van der Waals surface area (Å²) in [5.41, 5.74) is 5.90. The average molecular weight is 268 g/mol. The lowest BCUT2D eigenvalue weighted by molar-refractivity contribution is 0.0997. The van der Waals surface area contributed by atoms with Gasteiger partial charge in [0.15, 0.2) is 0 Å². The highest BCUT2D eigenvalue weighted by atomic mass is 32.2. The van der Waals surface area contributed by atoms with E-state index in [2.05, 4.69) is 0 Å². The molecule has 0 spiro atoms. The van der Waals surface area contributed by atoms with E-state index in [-0.39, 0.29) is 15.4 Å². The topological polar surface area (TPSA) is 89.7 Å². The van der Waals surface area contributed by atoms with Crippen molar-refractivity contribution in [2.24, 2.45) is 5.73 Å². The van der Waals surface area contributed by atoms with Gasteiger partial charge in [0.05, 0.1) is 24.5 Å². The molecule has 0 atom stereocenters. The second-order valence-electron chi connectivity index (χ2n) is 4.26. The Morgan fingerprint density at radius 1 is 1.22 bits per heavy atom. The number of amides is 1. The minimum atomic E-state index is -3.42. The number of hydrogen-bond donors (Lipinski definition) is 1. The minimum absolute atomic E-state index is 0.0852. The molecule has 1 fully saturated rings. The molecule has 0 aromatic heterocycles. The molecule has 0 aliphatic carbocycles. The molecular formula is C11H12N2O4S. The Labute approximate surface area is 104 Å². The van der Waals surface area contributed by atoms with Gasteiger partial charge in [-0.15, -0.1) is 0 Å². The molecule has 1 aromatic carbocycles. The van der Waals surface area contributed by atoms with Crippen molar-refractivity contribution in [2.75, 3.05) is 31.2 Å². The van der Waals surface area contributed by atoms with E-state index in [1.54, 1.807) is 6.07 Å². The van der Waals surface area contributed by atoms with Gasteiger partial charge in [-0.2, -0.15) is 0 Å². The standard InChI is InChI=1S/C11H12N2O4S/c12-11(14)7-1-2-8(10-9(7)18(10,15)16)13-3-5-17-6-4-13/h1-2H,3-6H2,(H2,12,14). The molecule has 6 nitrogen and oxygen atoms in total. The van der Waals surface area contributed by atoms with Crippen LogP contribution >= 0.6 is 0 Å². The number of primary amides is 1. The number of carbonyl (C=O) groups excluding carboxylic acids is 1. The van der Waals surface area contributed by atoms with Crippen LogP contribution in [0.2, 0.25) is 0 Å². The van der Waals surface area contributed by atoms with Crippen molar-refractivity contribution in [3.05, 3.63) is 17.7 Å². The number of nitrogens with zero attached hydrogens (tertiary/aromatic N) is 1. The predicted octanol–water partition coefficient (Wildman–Crippen LogP) is -0.232.